The van der Waals surface area contributed by atoms with E-state index in [9.17, 15) is 4.79 Å². The molecule has 0 bridgehead atoms. The molecule has 26 heavy (non-hydrogen) atoms. The molecule has 0 aliphatic rings. The molecular formula is C18H18N2O5S. The van der Waals surface area contributed by atoms with E-state index in [0.29, 0.717) is 34.4 Å². The van der Waals surface area contributed by atoms with Gasteiger partial charge < -0.3 is 23.9 Å². The van der Waals surface area contributed by atoms with Crippen molar-refractivity contribution in [1.82, 2.24) is 4.98 Å². The lowest BCUT2D eigenvalue weighted by Crippen LogP contribution is -2.11. The number of hydrogen-bond donors (Lipinski definition) is 1. The van der Waals surface area contributed by atoms with Gasteiger partial charge in [-0.05, 0) is 19.1 Å². The van der Waals surface area contributed by atoms with E-state index < -0.39 is 5.91 Å². The summed E-state index contributed by atoms with van der Waals surface area (Å²) < 4.78 is 21.5. The summed E-state index contributed by atoms with van der Waals surface area (Å²) in [5.41, 5.74) is 1.20. The summed E-state index contributed by atoms with van der Waals surface area (Å²) in [6.45, 7) is 1.91. The number of furan rings is 1. The first-order chi connectivity index (χ1) is 12.5. The number of ether oxygens (including phenoxy) is 3. The van der Waals surface area contributed by atoms with Crippen molar-refractivity contribution in [1.29, 1.82) is 0 Å². The molecule has 1 amide bonds. The Morgan fingerprint density at radius 2 is 1.81 bits per heavy atom. The normalized spacial score (nSPS) is 10.5. The van der Waals surface area contributed by atoms with Gasteiger partial charge in [-0.25, -0.2) is 4.98 Å². The average molecular weight is 374 g/mol. The van der Waals surface area contributed by atoms with Gasteiger partial charge in [-0.3, -0.25) is 4.79 Å². The second-order valence-corrected chi connectivity index (χ2v) is 6.35. The van der Waals surface area contributed by atoms with Gasteiger partial charge in [0.15, 0.2) is 23.0 Å². The molecule has 0 saturated heterocycles. The summed E-state index contributed by atoms with van der Waals surface area (Å²) in [5, 5.41) is 5.58. The maximum atomic E-state index is 12.5. The number of anilines is 1. The van der Waals surface area contributed by atoms with Crippen LogP contribution in [0.5, 0.6) is 17.2 Å². The van der Waals surface area contributed by atoms with Gasteiger partial charge in [-0.1, -0.05) is 0 Å². The van der Waals surface area contributed by atoms with Crippen LogP contribution < -0.4 is 19.5 Å². The van der Waals surface area contributed by atoms with E-state index >= 15 is 0 Å². The molecule has 0 aliphatic heterocycles. The predicted molar refractivity (Wildman–Crippen MR) is 98.6 cm³/mol. The van der Waals surface area contributed by atoms with Gasteiger partial charge in [0, 0.05) is 23.2 Å². The summed E-state index contributed by atoms with van der Waals surface area (Å²) in [4.78, 5) is 16.8. The van der Waals surface area contributed by atoms with Crippen LogP contribution in [-0.2, 0) is 0 Å². The van der Waals surface area contributed by atoms with Crippen LogP contribution in [0.1, 0.15) is 15.6 Å². The molecule has 0 saturated carbocycles. The van der Waals surface area contributed by atoms with Crippen molar-refractivity contribution < 1.29 is 23.4 Å². The Balaban J connectivity index is 1.83. The maximum Gasteiger partial charge on any atom is 0.291 e. The van der Waals surface area contributed by atoms with Crippen molar-refractivity contribution in [2.24, 2.45) is 0 Å². The van der Waals surface area contributed by atoms with Crippen LogP contribution in [0, 0.1) is 6.92 Å². The lowest BCUT2D eigenvalue weighted by atomic mass is 10.2. The van der Waals surface area contributed by atoms with Crippen LogP contribution >= 0.6 is 11.3 Å². The molecule has 2 aromatic heterocycles. The fraction of sp³-hybridized carbons (Fsp3) is 0.222. The van der Waals surface area contributed by atoms with Crippen molar-refractivity contribution in [2.75, 3.05) is 26.6 Å². The number of aromatic nitrogens is 1. The molecule has 3 rings (SSSR count). The van der Waals surface area contributed by atoms with Crippen molar-refractivity contribution >= 4 is 22.9 Å². The molecule has 1 N–H and O–H groups in total. The van der Waals surface area contributed by atoms with Crippen molar-refractivity contribution in [3.8, 4) is 28.7 Å². The van der Waals surface area contributed by atoms with Crippen LogP contribution in [0.4, 0.5) is 5.69 Å². The summed E-state index contributed by atoms with van der Waals surface area (Å²) >= 11 is 1.52. The van der Waals surface area contributed by atoms with Crippen LogP contribution in [0.15, 0.2) is 34.1 Å². The highest BCUT2D eigenvalue weighted by Crippen LogP contribution is 2.40. The molecule has 0 aliphatic carbocycles. The Morgan fingerprint density at radius 1 is 1.12 bits per heavy atom. The Bertz CT molecular complexity index is 906. The number of carbonyl (C=O) groups excluding carboxylic acids is 1. The Labute approximate surface area is 154 Å². The Morgan fingerprint density at radius 3 is 2.35 bits per heavy atom. The smallest absolute Gasteiger partial charge is 0.291 e. The second-order valence-electron chi connectivity index (χ2n) is 5.28. The first-order valence-corrected chi connectivity index (χ1v) is 8.57. The number of nitrogens with zero attached hydrogens (tertiary/aromatic N) is 1. The number of amides is 1. The molecule has 0 radical (unpaired) electrons. The van der Waals surface area contributed by atoms with E-state index in [4.69, 9.17) is 18.6 Å². The third-order valence-corrected chi connectivity index (χ3v) is 4.40. The largest absolute Gasteiger partial charge is 0.493 e. The van der Waals surface area contributed by atoms with Gasteiger partial charge in [0.2, 0.25) is 5.75 Å². The van der Waals surface area contributed by atoms with Gasteiger partial charge in [0.1, 0.15) is 5.69 Å². The van der Waals surface area contributed by atoms with Gasteiger partial charge in [-0.15, -0.1) is 11.3 Å². The molecular weight excluding hydrogens is 356 g/mol. The van der Waals surface area contributed by atoms with E-state index in [1.807, 2.05) is 12.3 Å². The van der Waals surface area contributed by atoms with Crippen molar-refractivity contribution in [3.63, 3.8) is 0 Å². The van der Waals surface area contributed by atoms with Gasteiger partial charge >= 0.3 is 0 Å². The molecule has 1 aromatic carbocycles. The molecule has 136 valence electrons. The van der Waals surface area contributed by atoms with Crippen LogP contribution in [-0.4, -0.2) is 32.2 Å². The first kappa shape index (κ1) is 17.8. The standard InChI is InChI=1S/C18H18N2O5S/c1-10-19-12(9-26-10)13-5-6-14(25-13)18(21)20-11-7-15(22-2)17(24-4)16(8-11)23-3/h5-9H,1-4H3,(H,20,21). The minimum absolute atomic E-state index is 0.180. The Kier molecular flexibility index (Phi) is 5.13. The molecule has 0 fully saturated rings. The zero-order chi connectivity index (χ0) is 18.7. The lowest BCUT2D eigenvalue weighted by molar-refractivity contribution is 0.0997. The van der Waals surface area contributed by atoms with E-state index in [0.717, 1.165) is 5.01 Å². The zero-order valence-electron chi connectivity index (χ0n) is 14.8. The fourth-order valence-electron chi connectivity index (χ4n) is 2.42. The number of aryl methyl sites for hydroxylation is 1. The first-order valence-electron chi connectivity index (χ1n) is 7.69. The van der Waals surface area contributed by atoms with Gasteiger partial charge in [-0.2, -0.15) is 0 Å². The van der Waals surface area contributed by atoms with Gasteiger partial charge in [0.05, 0.1) is 26.3 Å². The van der Waals surface area contributed by atoms with E-state index in [1.165, 1.54) is 32.7 Å². The summed E-state index contributed by atoms with van der Waals surface area (Å²) in [6, 6.07) is 6.62. The molecule has 7 nitrogen and oxygen atoms in total. The quantitative estimate of drug-likeness (QED) is 0.702. The summed E-state index contributed by atoms with van der Waals surface area (Å²) in [6.07, 6.45) is 0. The third kappa shape index (κ3) is 3.50. The number of nitrogens with one attached hydrogen (secondary N) is 1. The Hall–Kier alpha value is -3.00. The second kappa shape index (κ2) is 7.49. The minimum atomic E-state index is -0.391. The highest BCUT2D eigenvalue weighted by Gasteiger charge is 2.17. The maximum absolute atomic E-state index is 12.5. The minimum Gasteiger partial charge on any atom is -0.493 e. The SMILES string of the molecule is COc1cc(NC(=O)c2ccc(-c3csc(C)n3)o2)cc(OC)c1OC. The molecule has 3 aromatic rings. The topological polar surface area (TPSA) is 82.8 Å². The van der Waals surface area contributed by atoms with Crippen molar-refractivity contribution in [3.05, 3.63) is 40.4 Å². The van der Waals surface area contributed by atoms with Crippen LogP contribution in [0.2, 0.25) is 0 Å². The zero-order valence-corrected chi connectivity index (χ0v) is 15.6. The third-order valence-electron chi connectivity index (χ3n) is 3.62. The van der Waals surface area contributed by atoms with E-state index in [-0.39, 0.29) is 5.76 Å². The highest BCUT2D eigenvalue weighted by molar-refractivity contribution is 7.09. The number of thiazole rings is 1. The van der Waals surface area contributed by atoms with Crippen LogP contribution in [0.25, 0.3) is 11.5 Å². The highest BCUT2D eigenvalue weighted by atomic mass is 32.1. The number of rotatable bonds is 6. The monoisotopic (exact) mass is 374 g/mol. The fourth-order valence-corrected chi connectivity index (χ4v) is 3.02. The number of hydrogen-bond acceptors (Lipinski definition) is 7. The predicted octanol–water partition coefficient (Wildman–Crippen LogP) is 3.99. The van der Waals surface area contributed by atoms with E-state index in [2.05, 4.69) is 10.3 Å². The van der Waals surface area contributed by atoms with Crippen LogP contribution in [0.3, 0.4) is 0 Å². The lowest BCUT2D eigenvalue weighted by Gasteiger charge is -2.14. The summed E-state index contributed by atoms with van der Waals surface area (Å²) in [7, 11) is 4.54. The molecule has 0 unspecified atom stereocenters. The van der Waals surface area contributed by atoms with Crippen molar-refractivity contribution in [2.45, 2.75) is 6.92 Å². The van der Waals surface area contributed by atoms with Gasteiger partial charge in [0.25, 0.3) is 5.91 Å². The molecule has 0 atom stereocenters. The molecule has 0 spiro atoms. The molecule has 2 heterocycles. The molecule has 8 heteroatoms. The average Bonchev–Trinajstić information content (AvgIpc) is 3.29. The number of methoxy groups -OCH3 is 3. The number of carbonyl (C=O) groups is 1. The summed E-state index contributed by atoms with van der Waals surface area (Å²) in [5.74, 6) is 1.67. The number of benzene rings is 1. The van der Waals surface area contributed by atoms with E-state index in [1.54, 1.807) is 24.3 Å².